The molecule has 0 radical (unpaired) electrons. The number of nitrogens with zero attached hydrogens (tertiary/aromatic N) is 2. The summed E-state index contributed by atoms with van der Waals surface area (Å²) >= 11 is 0. The number of aldehydes is 1. The molecule has 6 heteroatoms. The number of nitro groups is 1. The minimum Gasteiger partial charge on any atom is -0.302 e. The number of carbonyl (C=O) groups is 1. The molecule has 1 aromatic carbocycles. The van der Waals surface area contributed by atoms with Gasteiger partial charge < -0.3 is 4.79 Å². The van der Waals surface area contributed by atoms with Crippen molar-refractivity contribution in [2.75, 3.05) is 13.1 Å². The summed E-state index contributed by atoms with van der Waals surface area (Å²) in [6.07, 6.45) is 2.35. The van der Waals surface area contributed by atoms with E-state index in [4.69, 9.17) is 0 Å². The van der Waals surface area contributed by atoms with Gasteiger partial charge in [0.25, 0.3) is 5.69 Å². The molecule has 0 N–H and O–H groups in total. The van der Waals surface area contributed by atoms with E-state index in [2.05, 4.69) is 0 Å². The van der Waals surface area contributed by atoms with Crippen LogP contribution >= 0.6 is 0 Å². The van der Waals surface area contributed by atoms with E-state index in [1.807, 2.05) is 4.90 Å². The van der Waals surface area contributed by atoms with Crippen molar-refractivity contribution < 1.29 is 14.1 Å². The molecule has 0 amide bonds. The molecule has 1 atom stereocenters. The maximum absolute atomic E-state index is 13.8. The standard InChI is InChI=1S/C12H13FN2O3/c13-11-4-3-9(15(17)18)8-10(11)12-2-1-5-14(12)6-7-16/h3-4,7-8,12H,1-2,5-6H2. The van der Waals surface area contributed by atoms with Gasteiger partial charge in [0, 0.05) is 23.7 Å². The average Bonchev–Trinajstić information content (AvgIpc) is 2.78. The number of nitro benzene ring substituents is 1. The van der Waals surface area contributed by atoms with Gasteiger partial charge >= 0.3 is 0 Å². The fourth-order valence-electron chi connectivity index (χ4n) is 2.39. The number of hydrogen-bond donors (Lipinski definition) is 0. The van der Waals surface area contributed by atoms with Gasteiger partial charge in [-0.05, 0) is 25.5 Å². The lowest BCUT2D eigenvalue weighted by atomic mass is 10.0. The van der Waals surface area contributed by atoms with Gasteiger partial charge in [-0.3, -0.25) is 15.0 Å². The van der Waals surface area contributed by atoms with E-state index in [1.54, 1.807) is 0 Å². The number of carbonyl (C=O) groups excluding carboxylic acids is 1. The van der Waals surface area contributed by atoms with Gasteiger partial charge in [0.05, 0.1) is 11.5 Å². The lowest BCUT2D eigenvalue weighted by Gasteiger charge is -2.22. The molecular formula is C12H13FN2O3. The summed E-state index contributed by atoms with van der Waals surface area (Å²) in [6.45, 7) is 0.943. The fourth-order valence-corrected chi connectivity index (χ4v) is 2.39. The van der Waals surface area contributed by atoms with Gasteiger partial charge in [-0.1, -0.05) is 0 Å². The summed E-state index contributed by atoms with van der Waals surface area (Å²) < 4.78 is 13.8. The Morgan fingerprint density at radius 3 is 3.00 bits per heavy atom. The Morgan fingerprint density at radius 2 is 2.33 bits per heavy atom. The molecule has 1 unspecified atom stereocenters. The van der Waals surface area contributed by atoms with E-state index in [9.17, 15) is 19.3 Å². The number of halogens is 1. The Hall–Kier alpha value is -1.82. The molecule has 0 aromatic heterocycles. The van der Waals surface area contributed by atoms with Crippen LogP contribution < -0.4 is 0 Å². The topological polar surface area (TPSA) is 63.5 Å². The highest BCUT2D eigenvalue weighted by Gasteiger charge is 2.28. The number of rotatable bonds is 4. The van der Waals surface area contributed by atoms with Gasteiger partial charge in [0.2, 0.25) is 0 Å². The SMILES string of the molecule is O=CCN1CCCC1c1cc([N+](=O)[O-])ccc1F. The first-order valence-electron chi connectivity index (χ1n) is 5.75. The molecule has 5 nitrogen and oxygen atoms in total. The molecule has 1 aromatic rings. The minimum atomic E-state index is -0.540. The lowest BCUT2D eigenvalue weighted by Crippen LogP contribution is -2.25. The summed E-state index contributed by atoms with van der Waals surface area (Å²) in [7, 11) is 0. The van der Waals surface area contributed by atoms with Crippen molar-refractivity contribution in [3.05, 3.63) is 39.7 Å². The molecule has 18 heavy (non-hydrogen) atoms. The smallest absolute Gasteiger partial charge is 0.269 e. The van der Waals surface area contributed by atoms with Crippen LogP contribution in [0.25, 0.3) is 0 Å². The molecule has 1 saturated heterocycles. The lowest BCUT2D eigenvalue weighted by molar-refractivity contribution is -0.385. The van der Waals surface area contributed by atoms with E-state index in [1.165, 1.54) is 6.07 Å². The van der Waals surface area contributed by atoms with E-state index < -0.39 is 10.7 Å². The number of non-ortho nitro benzene ring substituents is 1. The highest BCUT2D eigenvalue weighted by Crippen LogP contribution is 2.34. The quantitative estimate of drug-likeness (QED) is 0.467. The largest absolute Gasteiger partial charge is 0.302 e. The van der Waals surface area contributed by atoms with Gasteiger partial charge in [-0.15, -0.1) is 0 Å². The van der Waals surface area contributed by atoms with Crippen LogP contribution in [0.3, 0.4) is 0 Å². The first-order chi connectivity index (χ1) is 8.63. The Kier molecular flexibility index (Phi) is 3.66. The summed E-state index contributed by atoms with van der Waals surface area (Å²) in [5.41, 5.74) is 0.188. The molecule has 1 heterocycles. The Morgan fingerprint density at radius 1 is 1.56 bits per heavy atom. The second-order valence-corrected chi connectivity index (χ2v) is 4.28. The van der Waals surface area contributed by atoms with Crippen LogP contribution in [-0.2, 0) is 4.79 Å². The third kappa shape index (κ3) is 2.38. The Balaban J connectivity index is 2.33. The van der Waals surface area contributed by atoms with E-state index in [-0.39, 0.29) is 18.3 Å². The normalized spacial score (nSPS) is 19.9. The zero-order valence-corrected chi connectivity index (χ0v) is 9.71. The monoisotopic (exact) mass is 252 g/mol. The molecule has 1 aliphatic rings. The van der Waals surface area contributed by atoms with Crippen molar-refractivity contribution in [1.82, 2.24) is 4.90 Å². The van der Waals surface area contributed by atoms with Crippen LogP contribution in [0.1, 0.15) is 24.4 Å². The second-order valence-electron chi connectivity index (χ2n) is 4.28. The maximum atomic E-state index is 13.8. The molecule has 0 aliphatic carbocycles. The number of likely N-dealkylation sites (tertiary alicyclic amines) is 1. The average molecular weight is 252 g/mol. The summed E-state index contributed by atoms with van der Waals surface area (Å²) in [5, 5.41) is 10.7. The molecule has 96 valence electrons. The van der Waals surface area contributed by atoms with Crippen LogP contribution in [0.2, 0.25) is 0 Å². The van der Waals surface area contributed by atoms with Crippen LogP contribution in [0.15, 0.2) is 18.2 Å². The van der Waals surface area contributed by atoms with Crippen LogP contribution in [0, 0.1) is 15.9 Å². The molecule has 0 spiro atoms. The molecule has 0 saturated carbocycles. The number of hydrogen-bond acceptors (Lipinski definition) is 4. The van der Waals surface area contributed by atoms with Crippen LogP contribution in [0.5, 0.6) is 0 Å². The van der Waals surface area contributed by atoms with Crippen molar-refractivity contribution in [1.29, 1.82) is 0 Å². The van der Waals surface area contributed by atoms with Gasteiger partial charge in [-0.25, -0.2) is 4.39 Å². The van der Waals surface area contributed by atoms with Crippen molar-refractivity contribution in [3.8, 4) is 0 Å². The summed E-state index contributed by atoms with van der Waals surface area (Å²) in [5.74, 6) is -0.455. The first-order valence-corrected chi connectivity index (χ1v) is 5.75. The molecular weight excluding hydrogens is 239 g/mol. The molecule has 2 rings (SSSR count). The molecule has 1 fully saturated rings. The van der Waals surface area contributed by atoms with E-state index in [0.29, 0.717) is 18.5 Å². The Labute approximate surface area is 103 Å². The summed E-state index contributed by atoms with van der Waals surface area (Å²) in [4.78, 5) is 22.6. The van der Waals surface area contributed by atoms with Gasteiger partial charge in [0.1, 0.15) is 12.1 Å². The first kappa shape index (κ1) is 12.6. The predicted molar refractivity (Wildman–Crippen MR) is 62.7 cm³/mol. The Bertz CT molecular complexity index is 478. The van der Waals surface area contributed by atoms with Crippen molar-refractivity contribution in [2.45, 2.75) is 18.9 Å². The van der Waals surface area contributed by atoms with Gasteiger partial charge in [-0.2, -0.15) is 0 Å². The minimum absolute atomic E-state index is 0.121. The highest BCUT2D eigenvalue weighted by atomic mass is 19.1. The fraction of sp³-hybridized carbons (Fsp3) is 0.417. The summed E-state index contributed by atoms with van der Waals surface area (Å²) in [6, 6.07) is 3.29. The number of benzene rings is 1. The second kappa shape index (κ2) is 5.22. The van der Waals surface area contributed by atoms with Crippen molar-refractivity contribution in [3.63, 3.8) is 0 Å². The van der Waals surface area contributed by atoms with E-state index >= 15 is 0 Å². The van der Waals surface area contributed by atoms with Crippen molar-refractivity contribution in [2.24, 2.45) is 0 Å². The van der Waals surface area contributed by atoms with Gasteiger partial charge in [0.15, 0.2) is 0 Å². The van der Waals surface area contributed by atoms with E-state index in [0.717, 1.165) is 24.8 Å². The van der Waals surface area contributed by atoms with Crippen LogP contribution in [0.4, 0.5) is 10.1 Å². The highest BCUT2D eigenvalue weighted by molar-refractivity contribution is 5.52. The predicted octanol–water partition coefficient (Wildman–Crippen LogP) is 2.07. The maximum Gasteiger partial charge on any atom is 0.269 e. The zero-order valence-electron chi connectivity index (χ0n) is 9.71. The molecule has 0 bridgehead atoms. The third-order valence-electron chi connectivity index (χ3n) is 3.22. The van der Waals surface area contributed by atoms with Crippen LogP contribution in [-0.4, -0.2) is 29.2 Å². The van der Waals surface area contributed by atoms with Crippen molar-refractivity contribution >= 4 is 12.0 Å². The third-order valence-corrected chi connectivity index (χ3v) is 3.22. The zero-order chi connectivity index (χ0) is 13.1. The molecule has 1 aliphatic heterocycles.